The Morgan fingerprint density at radius 3 is 2.29 bits per heavy atom. The molecular weight excluding hydrogens is 344 g/mol. The number of ketones is 1. The molecule has 0 aromatic heterocycles. The Morgan fingerprint density at radius 2 is 1.64 bits per heavy atom. The Morgan fingerprint density at radius 1 is 1.00 bits per heavy atom. The number of carbonyl (C=O) groups excluding carboxylic acids is 1. The van der Waals surface area contributed by atoms with Crippen LogP contribution in [-0.4, -0.2) is 17.0 Å². The molecule has 1 fully saturated rings. The second-order valence-electron chi connectivity index (χ2n) is 9.42. The van der Waals surface area contributed by atoms with Gasteiger partial charge in [-0.15, -0.1) is 0 Å². The molecule has 2 heteroatoms. The maximum absolute atomic E-state index is 12.4. The van der Waals surface area contributed by atoms with Crippen LogP contribution in [0.2, 0.25) is 0 Å². The fourth-order valence-corrected chi connectivity index (χ4v) is 4.76. The first-order valence-corrected chi connectivity index (χ1v) is 11.7. The summed E-state index contributed by atoms with van der Waals surface area (Å²) in [5.41, 5.74) is 2.27. The highest BCUT2D eigenvalue weighted by Crippen LogP contribution is 2.41. The minimum absolute atomic E-state index is 0.218. The Kier molecular flexibility index (Phi) is 9.21. The van der Waals surface area contributed by atoms with Gasteiger partial charge in [0.25, 0.3) is 0 Å². The number of rotatable bonds is 12. The van der Waals surface area contributed by atoms with Crippen LogP contribution in [0.4, 0.5) is 0 Å². The molecule has 2 nitrogen and oxygen atoms in total. The molecule has 1 N–H and O–H groups in total. The van der Waals surface area contributed by atoms with Gasteiger partial charge in [-0.25, -0.2) is 0 Å². The normalized spacial score (nSPS) is 21.2. The second-order valence-corrected chi connectivity index (χ2v) is 9.42. The van der Waals surface area contributed by atoms with Crippen LogP contribution in [-0.2, 0) is 10.2 Å². The summed E-state index contributed by atoms with van der Waals surface area (Å²) in [6.45, 7) is 8.72. The molecule has 1 saturated carbocycles. The maximum atomic E-state index is 12.4. The van der Waals surface area contributed by atoms with E-state index in [1.54, 1.807) is 0 Å². The standard InChI is InChI=1S/C26H42O2/c1-5-7-9-11-12-23-22(18-19-24(23)27)20-14-16-21(17-15-20)26(3,4)25(28)13-10-8-6-2/h14-17,22-23,25,28H,5-13,18-19H2,1-4H3. The van der Waals surface area contributed by atoms with Crippen LogP contribution in [0.15, 0.2) is 24.3 Å². The van der Waals surface area contributed by atoms with Crippen LogP contribution in [0.3, 0.4) is 0 Å². The van der Waals surface area contributed by atoms with Gasteiger partial charge >= 0.3 is 0 Å². The monoisotopic (exact) mass is 386 g/mol. The van der Waals surface area contributed by atoms with E-state index >= 15 is 0 Å². The molecule has 1 aliphatic carbocycles. The Hall–Kier alpha value is -1.15. The van der Waals surface area contributed by atoms with Crippen molar-refractivity contribution in [3.8, 4) is 0 Å². The number of carbonyl (C=O) groups is 1. The van der Waals surface area contributed by atoms with Crippen molar-refractivity contribution in [1.82, 2.24) is 0 Å². The zero-order chi connectivity index (χ0) is 20.6. The molecule has 1 aliphatic rings. The highest BCUT2D eigenvalue weighted by Gasteiger charge is 2.35. The number of hydrogen-bond donors (Lipinski definition) is 1. The summed E-state index contributed by atoms with van der Waals surface area (Å²) in [7, 11) is 0. The second kappa shape index (κ2) is 11.1. The number of unbranched alkanes of at least 4 members (excludes halogenated alkanes) is 5. The van der Waals surface area contributed by atoms with Crippen molar-refractivity contribution in [2.24, 2.45) is 5.92 Å². The van der Waals surface area contributed by atoms with Gasteiger partial charge in [-0.3, -0.25) is 4.79 Å². The minimum atomic E-state index is -0.315. The molecule has 1 aromatic carbocycles. The lowest BCUT2D eigenvalue weighted by molar-refractivity contribution is -0.121. The van der Waals surface area contributed by atoms with Crippen molar-refractivity contribution < 1.29 is 9.90 Å². The van der Waals surface area contributed by atoms with Gasteiger partial charge in [-0.2, -0.15) is 0 Å². The van der Waals surface area contributed by atoms with E-state index in [2.05, 4.69) is 52.0 Å². The summed E-state index contributed by atoms with van der Waals surface area (Å²) >= 11 is 0. The molecule has 1 aromatic rings. The molecule has 28 heavy (non-hydrogen) atoms. The van der Waals surface area contributed by atoms with Gasteiger partial charge in [0.1, 0.15) is 5.78 Å². The third-order valence-electron chi connectivity index (χ3n) is 6.97. The van der Waals surface area contributed by atoms with Crippen molar-refractivity contribution in [1.29, 1.82) is 0 Å². The predicted octanol–water partition coefficient (Wildman–Crippen LogP) is 6.94. The molecule has 2 rings (SSSR count). The van der Waals surface area contributed by atoms with Gasteiger partial charge < -0.3 is 5.11 Å². The van der Waals surface area contributed by atoms with Crippen molar-refractivity contribution in [3.05, 3.63) is 35.4 Å². The van der Waals surface area contributed by atoms with Gasteiger partial charge in [-0.1, -0.05) is 96.9 Å². The maximum Gasteiger partial charge on any atom is 0.136 e. The number of aliphatic hydroxyl groups excluding tert-OH is 1. The van der Waals surface area contributed by atoms with E-state index in [-0.39, 0.29) is 17.4 Å². The fraction of sp³-hybridized carbons (Fsp3) is 0.731. The highest BCUT2D eigenvalue weighted by molar-refractivity contribution is 5.84. The first-order chi connectivity index (χ1) is 13.4. The molecule has 0 aliphatic heterocycles. The smallest absolute Gasteiger partial charge is 0.136 e. The third kappa shape index (κ3) is 5.92. The van der Waals surface area contributed by atoms with Gasteiger partial charge in [-0.05, 0) is 36.3 Å². The lowest BCUT2D eigenvalue weighted by atomic mass is 9.76. The SMILES string of the molecule is CCCCCCC1C(=O)CCC1c1ccc(C(C)(C)C(O)CCCCC)cc1. The lowest BCUT2D eigenvalue weighted by Gasteiger charge is -2.32. The van der Waals surface area contributed by atoms with Crippen LogP contribution < -0.4 is 0 Å². The van der Waals surface area contributed by atoms with E-state index in [4.69, 9.17) is 0 Å². The van der Waals surface area contributed by atoms with Crippen molar-refractivity contribution in [2.75, 3.05) is 0 Å². The fourth-order valence-electron chi connectivity index (χ4n) is 4.76. The average Bonchev–Trinajstić information content (AvgIpc) is 3.06. The first kappa shape index (κ1) is 23.1. The third-order valence-corrected chi connectivity index (χ3v) is 6.97. The summed E-state index contributed by atoms with van der Waals surface area (Å²) in [6.07, 6.45) is 11.7. The first-order valence-electron chi connectivity index (χ1n) is 11.7. The molecule has 3 atom stereocenters. The lowest BCUT2D eigenvalue weighted by Crippen LogP contribution is -2.33. The molecule has 0 spiro atoms. The van der Waals surface area contributed by atoms with Crippen molar-refractivity contribution >= 4 is 5.78 Å². The summed E-state index contributed by atoms with van der Waals surface area (Å²) in [5, 5.41) is 10.7. The summed E-state index contributed by atoms with van der Waals surface area (Å²) in [6, 6.07) is 8.82. The molecule has 0 heterocycles. The van der Waals surface area contributed by atoms with E-state index in [0.717, 1.165) is 32.1 Å². The largest absolute Gasteiger partial charge is 0.392 e. The highest BCUT2D eigenvalue weighted by atomic mass is 16.3. The zero-order valence-corrected chi connectivity index (χ0v) is 18.7. The minimum Gasteiger partial charge on any atom is -0.392 e. The van der Waals surface area contributed by atoms with Gasteiger partial charge in [0.05, 0.1) is 6.10 Å². The van der Waals surface area contributed by atoms with Crippen LogP contribution in [0.25, 0.3) is 0 Å². The Balaban J connectivity index is 2.02. The predicted molar refractivity (Wildman–Crippen MR) is 119 cm³/mol. The summed E-state index contributed by atoms with van der Waals surface area (Å²) in [4.78, 5) is 12.4. The molecule has 0 saturated heterocycles. The molecule has 0 amide bonds. The number of aliphatic hydroxyl groups is 1. The van der Waals surface area contributed by atoms with E-state index in [0.29, 0.717) is 11.7 Å². The Bertz CT molecular complexity index is 587. The van der Waals surface area contributed by atoms with Gasteiger partial charge in [0, 0.05) is 17.8 Å². The van der Waals surface area contributed by atoms with Gasteiger partial charge in [0.15, 0.2) is 0 Å². The average molecular weight is 387 g/mol. The van der Waals surface area contributed by atoms with Crippen LogP contribution in [0.5, 0.6) is 0 Å². The summed E-state index contributed by atoms with van der Waals surface area (Å²) in [5.74, 6) is 1.08. The number of hydrogen-bond acceptors (Lipinski definition) is 2. The molecule has 158 valence electrons. The van der Waals surface area contributed by atoms with Gasteiger partial charge in [0.2, 0.25) is 0 Å². The molecule has 0 bridgehead atoms. The molecule has 0 radical (unpaired) electrons. The summed E-state index contributed by atoms with van der Waals surface area (Å²) < 4.78 is 0. The van der Waals surface area contributed by atoms with E-state index in [1.165, 1.54) is 49.7 Å². The van der Waals surface area contributed by atoms with E-state index < -0.39 is 0 Å². The van der Waals surface area contributed by atoms with Crippen LogP contribution in [0, 0.1) is 5.92 Å². The molecular formula is C26H42O2. The quantitative estimate of drug-likeness (QED) is 0.395. The van der Waals surface area contributed by atoms with E-state index in [9.17, 15) is 9.90 Å². The topological polar surface area (TPSA) is 37.3 Å². The zero-order valence-electron chi connectivity index (χ0n) is 18.7. The van der Waals surface area contributed by atoms with Crippen LogP contribution in [0.1, 0.15) is 115 Å². The Labute approximate surface area is 173 Å². The molecule has 3 unspecified atom stereocenters. The van der Waals surface area contributed by atoms with E-state index in [1.807, 2.05) is 0 Å². The van der Waals surface area contributed by atoms with Crippen LogP contribution >= 0.6 is 0 Å². The van der Waals surface area contributed by atoms with Crippen molar-refractivity contribution in [2.45, 2.75) is 116 Å². The van der Waals surface area contributed by atoms with Crippen molar-refractivity contribution in [3.63, 3.8) is 0 Å². The number of benzene rings is 1. The number of Topliss-reactive ketones (excluding diaryl/α,β-unsaturated/α-hetero) is 1.